The van der Waals surface area contributed by atoms with E-state index in [1.807, 2.05) is 23.2 Å². The Labute approximate surface area is 135 Å². The van der Waals surface area contributed by atoms with E-state index in [2.05, 4.69) is 5.10 Å². The van der Waals surface area contributed by atoms with E-state index >= 15 is 0 Å². The Kier molecular flexibility index (Phi) is 3.99. The van der Waals surface area contributed by atoms with Gasteiger partial charge in [0.05, 0.1) is 6.20 Å². The van der Waals surface area contributed by atoms with Crippen LogP contribution in [0, 0.1) is 0 Å². The van der Waals surface area contributed by atoms with E-state index in [1.54, 1.807) is 10.7 Å². The summed E-state index contributed by atoms with van der Waals surface area (Å²) in [5, 5.41) is 4.18. The third-order valence-electron chi connectivity index (χ3n) is 4.96. The number of piperidine rings is 1. The minimum atomic E-state index is -0.207. The average Bonchev–Trinajstić information content (AvgIpc) is 3.10. The number of likely N-dealkylation sites (tertiary alicyclic amines) is 1. The van der Waals surface area contributed by atoms with Crippen LogP contribution < -0.4 is 0 Å². The van der Waals surface area contributed by atoms with Crippen molar-refractivity contribution in [1.82, 2.24) is 19.5 Å². The lowest BCUT2D eigenvalue weighted by Gasteiger charge is -2.34. The lowest BCUT2D eigenvalue weighted by atomic mass is 9.93. The van der Waals surface area contributed by atoms with Gasteiger partial charge >= 0.3 is 0 Å². The zero-order chi connectivity index (χ0) is 15.6. The topological polar surface area (TPSA) is 59.7 Å². The number of carbonyl (C=O) groups excluding carboxylic acids is 1. The van der Waals surface area contributed by atoms with E-state index < -0.39 is 0 Å². The van der Waals surface area contributed by atoms with Crippen molar-refractivity contribution in [2.75, 3.05) is 19.7 Å². The number of aromatic nitrogens is 3. The molecule has 0 spiro atoms. The summed E-state index contributed by atoms with van der Waals surface area (Å²) in [4.78, 5) is 19.2. The molecule has 2 aliphatic heterocycles. The smallest absolute Gasteiger partial charge is 0.251 e. The summed E-state index contributed by atoms with van der Waals surface area (Å²) in [6.45, 7) is 2.33. The molecule has 0 aliphatic carbocycles. The van der Waals surface area contributed by atoms with Gasteiger partial charge in [-0.25, -0.2) is 9.50 Å². The molecule has 2 aromatic heterocycles. The highest BCUT2D eigenvalue weighted by Crippen LogP contribution is 2.28. The number of hydrogen-bond acceptors (Lipinski definition) is 4. The monoisotopic (exact) mass is 314 g/mol. The van der Waals surface area contributed by atoms with Crippen LogP contribution in [0.4, 0.5) is 0 Å². The summed E-state index contributed by atoms with van der Waals surface area (Å²) in [6, 6.07) is 3.97. The number of ether oxygens (including phenoxy) is 1. The lowest BCUT2D eigenvalue weighted by Crippen LogP contribution is -2.45. The van der Waals surface area contributed by atoms with Crippen molar-refractivity contribution in [3.63, 3.8) is 0 Å². The summed E-state index contributed by atoms with van der Waals surface area (Å²) >= 11 is 0. The molecule has 0 bridgehead atoms. The Morgan fingerprint density at radius 1 is 1.17 bits per heavy atom. The van der Waals surface area contributed by atoms with Crippen molar-refractivity contribution in [1.29, 1.82) is 0 Å². The molecular formula is C17H22N4O2. The molecular weight excluding hydrogens is 292 g/mol. The fraction of sp³-hybridized carbons (Fsp3) is 0.588. The molecule has 2 saturated heterocycles. The molecule has 6 heteroatoms. The van der Waals surface area contributed by atoms with Crippen molar-refractivity contribution in [2.24, 2.45) is 0 Å². The molecule has 1 atom stereocenters. The first-order chi connectivity index (χ1) is 11.3. The van der Waals surface area contributed by atoms with Crippen molar-refractivity contribution in [2.45, 2.75) is 44.1 Å². The Balaban J connectivity index is 1.39. The second-order valence-electron chi connectivity index (χ2n) is 6.44. The molecule has 2 aromatic rings. The summed E-state index contributed by atoms with van der Waals surface area (Å²) in [5.41, 5.74) is 2.00. The molecule has 0 aromatic carbocycles. The van der Waals surface area contributed by atoms with Crippen LogP contribution in [0.1, 0.15) is 43.7 Å². The molecule has 0 unspecified atom stereocenters. The molecule has 6 nitrogen and oxygen atoms in total. The second-order valence-corrected chi connectivity index (χ2v) is 6.44. The number of amides is 1. The van der Waals surface area contributed by atoms with Crippen LogP contribution in [0.15, 0.2) is 24.5 Å². The lowest BCUT2D eigenvalue weighted by molar-refractivity contribution is -0.147. The third-order valence-corrected chi connectivity index (χ3v) is 4.96. The average molecular weight is 314 g/mol. The maximum absolute atomic E-state index is 12.5. The van der Waals surface area contributed by atoms with Crippen LogP contribution in [0.5, 0.6) is 0 Å². The van der Waals surface area contributed by atoms with Gasteiger partial charge in [0.1, 0.15) is 6.10 Å². The van der Waals surface area contributed by atoms with Crippen LogP contribution >= 0.6 is 0 Å². The summed E-state index contributed by atoms with van der Waals surface area (Å²) < 4.78 is 7.41. The van der Waals surface area contributed by atoms with Crippen LogP contribution in [-0.4, -0.2) is 51.2 Å². The summed E-state index contributed by atoms with van der Waals surface area (Å²) in [6.07, 6.45) is 8.50. The SMILES string of the molecule is O=C([C@H]1CCCCO1)N1CCC(c2ccn3nccc3n2)CC1. The molecule has 0 radical (unpaired) electrons. The van der Waals surface area contributed by atoms with Crippen LogP contribution in [0.3, 0.4) is 0 Å². The maximum atomic E-state index is 12.5. The first-order valence-corrected chi connectivity index (χ1v) is 8.52. The molecule has 4 rings (SSSR count). The number of hydrogen-bond donors (Lipinski definition) is 0. The highest BCUT2D eigenvalue weighted by atomic mass is 16.5. The minimum absolute atomic E-state index is 0.183. The third kappa shape index (κ3) is 2.95. The maximum Gasteiger partial charge on any atom is 0.251 e. The number of fused-ring (bicyclic) bond motifs is 1. The largest absolute Gasteiger partial charge is 0.368 e. The van der Waals surface area contributed by atoms with E-state index in [1.165, 1.54) is 0 Å². The standard InChI is InChI=1S/C17H22N4O2/c22-17(15-3-1-2-12-23-15)20-9-5-13(6-10-20)14-7-11-21-16(19-14)4-8-18-21/h4,7-8,11,13,15H,1-3,5-6,9-10,12H2/t15-/m1/s1. The van der Waals surface area contributed by atoms with E-state index in [4.69, 9.17) is 9.72 Å². The zero-order valence-corrected chi connectivity index (χ0v) is 13.2. The van der Waals surface area contributed by atoms with E-state index in [9.17, 15) is 4.79 Å². The molecule has 0 N–H and O–H groups in total. The Bertz CT molecular complexity index is 685. The predicted molar refractivity (Wildman–Crippen MR) is 85.1 cm³/mol. The van der Waals surface area contributed by atoms with Gasteiger partial charge in [-0.2, -0.15) is 5.10 Å². The van der Waals surface area contributed by atoms with Gasteiger partial charge in [-0.15, -0.1) is 0 Å². The van der Waals surface area contributed by atoms with Crippen molar-refractivity contribution < 1.29 is 9.53 Å². The van der Waals surface area contributed by atoms with Crippen LogP contribution in [-0.2, 0) is 9.53 Å². The second kappa shape index (κ2) is 6.28. The highest BCUT2D eigenvalue weighted by molar-refractivity contribution is 5.81. The van der Waals surface area contributed by atoms with Gasteiger partial charge in [0.25, 0.3) is 5.91 Å². The zero-order valence-electron chi connectivity index (χ0n) is 13.2. The normalized spacial score (nSPS) is 23.3. The number of nitrogens with zero attached hydrogens (tertiary/aromatic N) is 4. The van der Waals surface area contributed by atoms with Crippen LogP contribution in [0.25, 0.3) is 5.65 Å². The first kappa shape index (κ1) is 14.6. The highest BCUT2D eigenvalue weighted by Gasteiger charge is 2.30. The van der Waals surface area contributed by atoms with Crippen molar-refractivity contribution in [3.8, 4) is 0 Å². The molecule has 0 saturated carbocycles. The molecule has 23 heavy (non-hydrogen) atoms. The Morgan fingerprint density at radius 3 is 2.83 bits per heavy atom. The van der Waals surface area contributed by atoms with E-state index in [0.29, 0.717) is 5.92 Å². The summed E-state index contributed by atoms with van der Waals surface area (Å²) in [5.74, 6) is 0.605. The van der Waals surface area contributed by atoms with Gasteiger partial charge in [-0.05, 0) is 38.2 Å². The van der Waals surface area contributed by atoms with E-state index in [0.717, 1.165) is 63.1 Å². The van der Waals surface area contributed by atoms with Gasteiger partial charge in [-0.1, -0.05) is 0 Å². The van der Waals surface area contributed by atoms with Crippen molar-refractivity contribution >= 4 is 11.6 Å². The van der Waals surface area contributed by atoms with Gasteiger partial charge in [-0.3, -0.25) is 4.79 Å². The molecule has 1 amide bonds. The van der Waals surface area contributed by atoms with Crippen LogP contribution in [0.2, 0.25) is 0 Å². The number of carbonyl (C=O) groups is 1. The molecule has 2 aliphatic rings. The Morgan fingerprint density at radius 2 is 2.04 bits per heavy atom. The predicted octanol–water partition coefficient (Wildman–Crippen LogP) is 2.00. The van der Waals surface area contributed by atoms with Gasteiger partial charge in [0.15, 0.2) is 5.65 Å². The van der Waals surface area contributed by atoms with Gasteiger partial charge in [0.2, 0.25) is 0 Å². The fourth-order valence-corrected chi connectivity index (χ4v) is 3.59. The quantitative estimate of drug-likeness (QED) is 0.851. The fourth-order valence-electron chi connectivity index (χ4n) is 3.59. The molecule has 2 fully saturated rings. The van der Waals surface area contributed by atoms with Crippen molar-refractivity contribution in [3.05, 3.63) is 30.2 Å². The number of rotatable bonds is 2. The Hall–Kier alpha value is -1.95. The van der Waals surface area contributed by atoms with Gasteiger partial charge < -0.3 is 9.64 Å². The molecule has 122 valence electrons. The minimum Gasteiger partial charge on any atom is -0.368 e. The molecule has 4 heterocycles. The van der Waals surface area contributed by atoms with E-state index in [-0.39, 0.29) is 12.0 Å². The summed E-state index contributed by atoms with van der Waals surface area (Å²) in [7, 11) is 0. The first-order valence-electron chi connectivity index (χ1n) is 8.52. The van der Waals surface area contributed by atoms with Gasteiger partial charge in [0, 0.05) is 43.6 Å².